The van der Waals surface area contributed by atoms with E-state index in [1.165, 1.54) is 6.26 Å². The fourth-order valence-corrected chi connectivity index (χ4v) is 1.91. The van der Waals surface area contributed by atoms with Gasteiger partial charge >= 0.3 is 5.97 Å². The van der Waals surface area contributed by atoms with E-state index in [0.717, 1.165) is 5.69 Å². The first-order valence-electron chi connectivity index (χ1n) is 8.00. The van der Waals surface area contributed by atoms with Gasteiger partial charge in [-0.15, -0.1) is 0 Å². The summed E-state index contributed by atoms with van der Waals surface area (Å²) in [4.78, 5) is 14.3. The van der Waals surface area contributed by atoms with Crippen molar-refractivity contribution in [3.8, 4) is 23.3 Å². The minimum atomic E-state index is -0.547. The van der Waals surface area contributed by atoms with Gasteiger partial charge in [0, 0.05) is 26.2 Å². The second kappa shape index (κ2) is 9.19. The van der Waals surface area contributed by atoms with Crippen molar-refractivity contribution in [1.29, 1.82) is 0 Å². The molecular weight excluding hydrogens is 314 g/mol. The Morgan fingerprint density at radius 1 is 1.04 bits per heavy atom. The molecule has 0 atom stereocenters. The zero-order valence-corrected chi connectivity index (χ0v) is 14.7. The lowest BCUT2D eigenvalue weighted by Gasteiger charge is -2.12. The van der Waals surface area contributed by atoms with Crippen molar-refractivity contribution in [3.63, 3.8) is 0 Å². The average Bonchev–Trinajstić information content (AvgIpc) is 2.63. The molecule has 4 nitrogen and oxygen atoms in total. The summed E-state index contributed by atoms with van der Waals surface area (Å²) in [6.07, 6.45) is 1.96. The van der Waals surface area contributed by atoms with Crippen molar-refractivity contribution in [2.24, 2.45) is 0 Å². The summed E-state index contributed by atoms with van der Waals surface area (Å²) in [7, 11) is 3.90. The highest BCUT2D eigenvalue weighted by molar-refractivity contribution is 5.94. The molecule has 128 valence electrons. The normalized spacial score (nSPS) is 10.4. The first kappa shape index (κ1) is 18.2. The van der Waals surface area contributed by atoms with Crippen LogP contribution in [0, 0.1) is 11.8 Å². The van der Waals surface area contributed by atoms with Gasteiger partial charge in [-0.25, -0.2) is 4.79 Å². The first-order valence-corrected chi connectivity index (χ1v) is 8.00. The Morgan fingerprint density at radius 2 is 1.72 bits per heavy atom. The minimum absolute atomic E-state index is 0.169. The van der Waals surface area contributed by atoms with Gasteiger partial charge in [0.25, 0.3) is 0 Å². The summed E-state index contributed by atoms with van der Waals surface area (Å²) in [5.41, 5.74) is 1.19. The van der Waals surface area contributed by atoms with E-state index in [9.17, 15) is 4.79 Å². The fraction of sp³-hybridized carbons (Fsp3) is 0.190. The lowest BCUT2D eigenvalue weighted by molar-refractivity contribution is -0.129. The molecular formula is C21H21NO3. The third kappa shape index (κ3) is 5.74. The molecule has 0 aromatic heterocycles. The summed E-state index contributed by atoms with van der Waals surface area (Å²) in [6.45, 7) is 1.91. The van der Waals surface area contributed by atoms with E-state index in [4.69, 9.17) is 9.47 Å². The van der Waals surface area contributed by atoms with Crippen molar-refractivity contribution in [2.45, 2.75) is 13.3 Å². The van der Waals surface area contributed by atoms with Crippen LogP contribution in [-0.2, 0) is 4.79 Å². The molecule has 0 fully saturated rings. The third-order valence-corrected chi connectivity index (χ3v) is 3.24. The zero-order chi connectivity index (χ0) is 18.1. The van der Waals surface area contributed by atoms with E-state index >= 15 is 0 Å². The Bertz CT molecular complexity index is 781. The van der Waals surface area contributed by atoms with Gasteiger partial charge in [0.2, 0.25) is 0 Å². The number of nitrogens with zero attached hydrogens (tertiary/aromatic N) is 1. The van der Waals surface area contributed by atoms with Crippen molar-refractivity contribution in [1.82, 2.24) is 0 Å². The average molecular weight is 335 g/mol. The summed E-state index contributed by atoms with van der Waals surface area (Å²) >= 11 is 0. The third-order valence-electron chi connectivity index (χ3n) is 3.24. The number of para-hydroxylation sites is 1. The van der Waals surface area contributed by atoms with E-state index in [1.807, 2.05) is 56.3 Å². The van der Waals surface area contributed by atoms with Gasteiger partial charge in [0.15, 0.2) is 0 Å². The molecule has 25 heavy (non-hydrogen) atoms. The molecule has 2 aromatic rings. The van der Waals surface area contributed by atoms with Gasteiger partial charge < -0.3 is 14.4 Å². The van der Waals surface area contributed by atoms with Gasteiger partial charge in [0.1, 0.15) is 23.3 Å². The van der Waals surface area contributed by atoms with Gasteiger partial charge in [-0.1, -0.05) is 37.0 Å². The minimum Gasteiger partial charge on any atom is -0.463 e. The fourth-order valence-electron chi connectivity index (χ4n) is 1.91. The van der Waals surface area contributed by atoms with Crippen molar-refractivity contribution in [3.05, 3.63) is 66.4 Å². The number of benzene rings is 2. The molecule has 0 heterocycles. The van der Waals surface area contributed by atoms with Crippen molar-refractivity contribution in [2.75, 3.05) is 19.0 Å². The topological polar surface area (TPSA) is 38.8 Å². The standard InChI is InChI=1S/C21H21NO3/c1-4-5-9-17(16-24-19-10-7-6-8-11-19)21(23)25-20-14-12-18(13-15-20)22(2)3/h6-8,10-16H,4H2,1-3H3. The molecule has 0 unspecified atom stereocenters. The first-order chi connectivity index (χ1) is 12.1. The Hall–Kier alpha value is -3.19. The summed E-state index contributed by atoms with van der Waals surface area (Å²) < 4.78 is 10.9. The molecule has 0 aliphatic carbocycles. The highest BCUT2D eigenvalue weighted by Gasteiger charge is 2.11. The van der Waals surface area contributed by atoms with Crippen molar-refractivity contribution >= 4 is 11.7 Å². The molecule has 0 aliphatic heterocycles. The van der Waals surface area contributed by atoms with Crippen LogP contribution in [0.4, 0.5) is 5.69 Å². The van der Waals surface area contributed by atoms with Crippen LogP contribution in [0.2, 0.25) is 0 Å². The van der Waals surface area contributed by atoms with Gasteiger partial charge in [-0.2, -0.15) is 0 Å². The van der Waals surface area contributed by atoms with Gasteiger partial charge in [-0.05, 0) is 36.4 Å². The number of carbonyl (C=O) groups excluding carboxylic acids is 1. The number of hydrogen-bond acceptors (Lipinski definition) is 4. The molecule has 0 amide bonds. The van der Waals surface area contributed by atoms with E-state index in [1.54, 1.807) is 24.3 Å². The molecule has 0 saturated carbocycles. The zero-order valence-electron chi connectivity index (χ0n) is 14.7. The predicted octanol–water partition coefficient (Wildman–Crippen LogP) is 4.03. The smallest absolute Gasteiger partial charge is 0.355 e. The van der Waals surface area contributed by atoms with Crippen LogP contribution in [0.15, 0.2) is 66.4 Å². The van der Waals surface area contributed by atoms with Crippen LogP contribution in [0.1, 0.15) is 13.3 Å². The molecule has 0 aliphatic rings. The number of hydrogen-bond donors (Lipinski definition) is 0. The Kier molecular flexibility index (Phi) is 6.67. The lowest BCUT2D eigenvalue weighted by atomic mass is 10.2. The molecule has 0 bridgehead atoms. The van der Waals surface area contributed by atoms with Crippen LogP contribution in [0.3, 0.4) is 0 Å². The van der Waals surface area contributed by atoms with E-state index in [2.05, 4.69) is 11.8 Å². The van der Waals surface area contributed by atoms with E-state index < -0.39 is 5.97 Å². The molecule has 2 rings (SSSR count). The van der Waals surface area contributed by atoms with E-state index in [-0.39, 0.29) is 5.57 Å². The van der Waals surface area contributed by atoms with Crippen LogP contribution in [0.5, 0.6) is 11.5 Å². The number of carbonyl (C=O) groups is 1. The second-order valence-corrected chi connectivity index (χ2v) is 5.40. The molecule has 4 heteroatoms. The molecule has 0 radical (unpaired) electrons. The number of rotatable bonds is 5. The van der Waals surface area contributed by atoms with Crippen LogP contribution in [0.25, 0.3) is 0 Å². The van der Waals surface area contributed by atoms with Crippen molar-refractivity contribution < 1.29 is 14.3 Å². The molecule has 0 spiro atoms. The monoisotopic (exact) mass is 335 g/mol. The molecule has 0 saturated heterocycles. The number of anilines is 1. The quantitative estimate of drug-likeness (QED) is 0.272. The van der Waals surface area contributed by atoms with Gasteiger partial charge in [-0.3, -0.25) is 0 Å². The maximum Gasteiger partial charge on any atom is 0.355 e. The Labute approximate surface area is 148 Å². The highest BCUT2D eigenvalue weighted by Crippen LogP contribution is 2.18. The summed E-state index contributed by atoms with van der Waals surface area (Å²) in [5.74, 6) is 6.20. The Balaban J connectivity index is 2.12. The van der Waals surface area contributed by atoms with Crippen LogP contribution >= 0.6 is 0 Å². The predicted molar refractivity (Wildman–Crippen MR) is 99.6 cm³/mol. The summed E-state index contributed by atoms with van der Waals surface area (Å²) in [6, 6.07) is 16.4. The molecule has 2 aromatic carbocycles. The number of esters is 1. The second-order valence-electron chi connectivity index (χ2n) is 5.40. The summed E-state index contributed by atoms with van der Waals surface area (Å²) in [5, 5.41) is 0. The highest BCUT2D eigenvalue weighted by atomic mass is 16.5. The lowest BCUT2D eigenvalue weighted by Crippen LogP contribution is -2.12. The van der Waals surface area contributed by atoms with Gasteiger partial charge in [0.05, 0.1) is 0 Å². The molecule has 0 N–H and O–H groups in total. The SMILES string of the molecule is CCC#CC(=COc1ccccc1)C(=O)Oc1ccc(N(C)C)cc1. The van der Waals surface area contributed by atoms with E-state index in [0.29, 0.717) is 17.9 Å². The van der Waals surface area contributed by atoms with Crippen LogP contribution < -0.4 is 14.4 Å². The Morgan fingerprint density at radius 3 is 2.32 bits per heavy atom. The largest absolute Gasteiger partial charge is 0.463 e. The van der Waals surface area contributed by atoms with Crippen LogP contribution in [-0.4, -0.2) is 20.1 Å². The maximum atomic E-state index is 12.4. The number of ether oxygens (including phenoxy) is 2. The maximum absolute atomic E-state index is 12.4.